The molecule has 0 saturated carbocycles. The molecular weight excluding hydrogens is 330 g/mol. The standard InChI is InChI=1S/C17H16BrNO2/c18-15-9-4-10-16-14(15)8-5-11-19(16)17(20)21-12-13-6-2-1-3-7-13/h1-4,6-7,9-10H,5,8,11-12H2. The predicted octanol–water partition coefficient (Wildman–Crippen LogP) is 4.54. The Hall–Kier alpha value is -1.81. The molecule has 0 atom stereocenters. The van der Waals surface area contributed by atoms with Gasteiger partial charge in [0.25, 0.3) is 0 Å². The van der Waals surface area contributed by atoms with E-state index in [9.17, 15) is 4.79 Å². The van der Waals surface area contributed by atoms with Crippen LogP contribution in [0.1, 0.15) is 17.5 Å². The lowest BCUT2D eigenvalue weighted by Gasteiger charge is -2.29. The Balaban J connectivity index is 1.73. The van der Waals surface area contributed by atoms with Crippen LogP contribution in [0.15, 0.2) is 53.0 Å². The lowest BCUT2D eigenvalue weighted by atomic mass is 10.0. The van der Waals surface area contributed by atoms with Gasteiger partial charge in [-0.25, -0.2) is 4.79 Å². The number of ether oxygens (including phenoxy) is 1. The summed E-state index contributed by atoms with van der Waals surface area (Å²) in [6.07, 6.45) is 1.66. The molecule has 0 N–H and O–H groups in total. The molecule has 0 aromatic heterocycles. The van der Waals surface area contributed by atoms with Gasteiger partial charge in [-0.05, 0) is 36.1 Å². The SMILES string of the molecule is O=C(OCc1ccccc1)N1CCCc2c(Br)cccc21. The van der Waals surface area contributed by atoms with Gasteiger partial charge in [-0.2, -0.15) is 0 Å². The number of hydrogen-bond donors (Lipinski definition) is 0. The average molecular weight is 346 g/mol. The van der Waals surface area contributed by atoms with Crippen molar-refractivity contribution in [1.82, 2.24) is 0 Å². The zero-order chi connectivity index (χ0) is 14.7. The number of amides is 1. The molecule has 3 rings (SSSR count). The number of halogens is 1. The quantitative estimate of drug-likeness (QED) is 0.799. The van der Waals surface area contributed by atoms with E-state index in [4.69, 9.17) is 4.74 Å². The van der Waals surface area contributed by atoms with Gasteiger partial charge in [-0.3, -0.25) is 4.90 Å². The highest BCUT2D eigenvalue weighted by molar-refractivity contribution is 9.10. The maximum Gasteiger partial charge on any atom is 0.414 e. The topological polar surface area (TPSA) is 29.5 Å². The average Bonchev–Trinajstić information content (AvgIpc) is 2.53. The van der Waals surface area contributed by atoms with Crippen molar-refractivity contribution in [3.05, 3.63) is 64.1 Å². The van der Waals surface area contributed by atoms with Gasteiger partial charge in [0.15, 0.2) is 0 Å². The van der Waals surface area contributed by atoms with E-state index in [-0.39, 0.29) is 6.09 Å². The minimum absolute atomic E-state index is 0.280. The number of anilines is 1. The number of nitrogens with zero attached hydrogens (tertiary/aromatic N) is 1. The maximum atomic E-state index is 12.3. The second-order valence-electron chi connectivity index (χ2n) is 5.03. The number of carbonyl (C=O) groups is 1. The molecule has 0 fully saturated rings. The maximum absolute atomic E-state index is 12.3. The third-order valence-electron chi connectivity index (χ3n) is 3.62. The van der Waals surface area contributed by atoms with Crippen molar-refractivity contribution in [3.8, 4) is 0 Å². The molecule has 1 aliphatic heterocycles. The number of hydrogen-bond acceptors (Lipinski definition) is 2. The van der Waals surface area contributed by atoms with E-state index < -0.39 is 0 Å². The van der Waals surface area contributed by atoms with Crippen LogP contribution in [0.5, 0.6) is 0 Å². The molecule has 0 bridgehead atoms. The van der Waals surface area contributed by atoms with Gasteiger partial charge < -0.3 is 4.74 Å². The summed E-state index contributed by atoms with van der Waals surface area (Å²) in [5, 5.41) is 0. The molecule has 0 aliphatic carbocycles. The Morgan fingerprint density at radius 3 is 2.76 bits per heavy atom. The number of rotatable bonds is 2. The van der Waals surface area contributed by atoms with Gasteiger partial charge in [0, 0.05) is 11.0 Å². The van der Waals surface area contributed by atoms with E-state index >= 15 is 0 Å². The fourth-order valence-corrected chi connectivity index (χ4v) is 3.12. The molecule has 21 heavy (non-hydrogen) atoms. The number of fused-ring (bicyclic) bond motifs is 1. The van der Waals surface area contributed by atoms with Crippen molar-refractivity contribution >= 4 is 27.7 Å². The fourth-order valence-electron chi connectivity index (χ4n) is 2.57. The minimum atomic E-state index is -0.280. The molecule has 0 saturated heterocycles. The van der Waals surface area contributed by atoms with Crippen LogP contribution in [-0.4, -0.2) is 12.6 Å². The summed E-state index contributed by atoms with van der Waals surface area (Å²) in [5.41, 5.74) is 3.13. The van der Waals surface area contributed by atoms with Crippen LogP contribution >= 0.6 is 15.9 Å². The monoisotopic (exact) mass is 345 g/mol. The van der Waals surface area contributed by atoms with Crippen LogP contribution in [0.2, 0.25) is 0 Å². The van der Waals surface area contributed by atoms with E-state index in [0.29, 0.717) is 13.2 Å². The molecule has 2 aromatic carbocycles. The predicted molar refractivity (Wildman–Crippen MR) is 86.4 cm³/mol. The van der Waals surface area contributed by atoms with E-state index in [0.717, 1.165) is 28.6 Å². The first kappa shape index (κ1) is 14.1. The summed E-state index contributed by atoms with van der Waals surface area (Å²) >= 11 is 3.56. The Kier molecular flexibility index (Phi) is 4.25. The molecule has 0 spiro atoms. The molecule has 3 nitrogen and oxygen atoms in total. The highest BCUT2D eigenvalue weighted by Crippen LogP contribution is 2.33. The first-order valence-corrected chi connectivity index (χ1v) is 7.80. The van der Waals surface area contributed by atoms with Gasteiger partial charge >= 0.3 is 6.09 Å². The van der Waals surface area contributed by atoms with Crippen LogP contribution in [0.3, 0.4) is 0 Å². The van der Waals surface area contributed by atoms with Crippen molar-refractivity contribution in [1.29, 1.82) is 0 Å². The van der Waals surface area contributed by atoms with Crippen molar-refractivity contribution in [2.24, 2.45) is 0 Å². The molecule has 1 heterocycles. The lowest BCUT2D eigenvalue weighted by Crippen LogP contribution is -2.35. The molecule has 2 aromatic rings. The van der Waals surface area contributed by atoms with Gasteiger partial charge in [0.2, 0.25) is 0 Å². The Labute approximate surface area is 132 Å². The van der Waals surface area contributed by atoms with Crippen LogP contribution in [0, 0.1) is 0 Å². The van der Waals surface area contributed by atoms with E-state index in [1.807, 2.05) is 48.5 Å². The van der Waals surface area contributed by atoms with Gasteiger partial charge in [0.05, 0.1) is 5.69 Å². The summed E-state index contributed by atoms with van der Waals surface area (Å²) in [6, 6.07) is 15.7. The molecule has 0 radical (unpaired) electrons. The fraction of sp³-hybridized carbons (Fsp3) is 0.235. The summed E-state index contributed by atoms with van der Waals surface area (Å²) in [7, 11) is 0. The summed E-state index contributed by atoms with van der Waals surface area (Å²) in [4.78, 5) is 14.1. The zero-order valence-electron chi connectivity index (χ0n) is 11.6. The largest absolute Gasteiger partial charge is 0.444 e. The smallest absolute Gasteiger partial charge is 0.414 e. The van der Waals surface area contributed by atoms with Crippen molar-refractivity contribution in [2.75, 3.05) is 11.4 Å². The molecular formula is C17H16BrNO2. The number of benzene rings is 2. The second kappa shape index (κ2) is 6.31. The number of carbonyl (C=O) groups excluding carboxylic acids is 1. The highest BCUT2D eigenvalue weighted by Gasteiger charge is 2.24. The van der Waals surface area contributed by atoms with Crippen LogP contribution in [0.25, 0.3) is 0 Å². The molecule has 1 aliphatic rings. The minimum Gasteiger partial charge on any atom is -0.444 e. The van der Waals surface area contributed by atoms with Crippen molar-refractivity contribution in [3.63, 3.8) is 0 Å². The van der Waals surface area contributed by atoms with Crippen LogP contribution in [0.4, 0.5) is 10.5 Å². The normalized spacial score (nSPS) is 13.7. The van der Waals surface area contributed by atoms with Gasteiger partial charge in [-0.15, -0.1) is 0 Å². The third-order valence-corrected chi connectivity index (χ3v) is 4.36. The van der Waals surface area contributed by atoms with E-state index in [1.54, 1.807) is 4.90 Å². The first-order chi connectivity index (χ1) is 10.3. The van der Waals surface area contributed by atoms with E-state index in [1.165, 1.54) is 5.56 Å². The Morgan fingerprint density at radius 1 is 1.14 bits per heavy atom. The third kappa shape index (κ3) is 3.10. The van der Waals surface area contributed by atoms with Crippen molar-refractivity contribution in [2.45, 2.75) is 19.4 Å². The van der Waals surface area contributed by atoms with E-state index in [2.05, 4.69) is 15.9 Å². The van der Waals surface area contributed by atoms with Crippen molar-refractivity contribution < 1.29 is 9.53 Å². The summed E-state index contributed by atoms with van der Waals surface area (Å²) in [5.74, 6) is 0. The molecule has 1 amide bonds. The van der Waals surface area contributed by atoms with Crippen LogP contribution in [-0.2, 0) is 17.8 Å². The summed E-state index contributed by atoms with van der Waals surface area (Å²) in [6.45, 7) is 1.01. The zero-order valence-corrected chi connectivity index (χ0v) is 13.2. The second-order valence-corrected chi connectivity index (χ2v) is 5.89. The van der Waals surface area contributed by atoms with Crippen LogP contribution < -0.4 is 4.90 Å². The van der Waals surface area contributed by atoms with Gasteiger partial charge in [0.1, 0.15) is 6.61 Å². The highest BCUT2D eigenvalue weighted by atomic mass is 79.9. The lowest BCUT2D eigenvalue weighted by molar-refractivity contribution is 0.146. The molecule has 4 heteroatoms. The summed E-state index contributed by atoms with van der Waals surface area (Å²) < 4.78 is 6.49. The molecule has 108 valence electrons. The first-order valence-electron chi connectivity index (χ1n) is 7.01. The Morgan fingerprint density at radius 2 is 1.95 bits per heavy atom. The van der Waals surface area contributed by atoms with Gasteiger partial charge in [-0.1, -0.05) is 52.3 Å². The molecule has 0 unspecified atom stereocenters. The Bertz CT molecular complexity index is 642.